The van der Waals surface area contributed by atoms with Crippen LogP contribution in [0.4, 0.5) is 5.69 Å². The summed E-state index contributed by atoms with van der Waals surface area (Å²) in [5, 5.41) is 0. The molecule has 1 fully saturated rings. The van der Waals surface area contributed by atoms with Gasteiger partial charge < -0.3 is 14.5 Å². The zero-order chi connectivity index (χ0) is 14.0. The average Bonchev–Trinajstić information content (AvgIpc) is 2.79. The van der Waals surface area contributed by atoms with Gasteiger partial charge in [0.1, 0.15) is 5.75 Å². The Morgan fingerprint density at radius 1 is 1.42 bits per heavy atom. The van der Waals surface area contributed by atoms with Crippen molar-refractivity contribution in [3.05, 3.63) is 24.3 Å². The Hall–Kier alpha value is -2.04. The zero-order valence-electron chi connectivity index (χ0n) is 11.4. The van der Waals surface area contributed by atoms with Gasteiger partial charge in [-0.05, 0) is 12.1 Å². The van der Waals surface area contributed by atoms with Crippen molar-refractivity contribution in [2.24, 2.45) is 5.92 Å². The summed E-state index contributed by atoms with van der Waals surface area (Å²) < 4.78 is 5.15. The Labute approximate surface area is 112 Å². The third-order valence-corrected chi connectivity index (χ3v) is 3.28. The number of carbonyl (C=O) groups excluding carboxylic acids is 2. The second kappa shape index (κ2) is 5.30. The summed E-state index contributed by atoms with van der Waals surface area (Å²) in [6.07, 6.45) is 0.272. The largest absolute Gasteiger partial charge is 0.497 e. The molecule has 102 valence electrons. The summed E-state index contributed by atoms with van der Waals surface area (Å²) in [7, 11) is 5.01. The minimum atomic E-state index is -0.256. The van der Waals surface area contributed by atoms with E-state index < -0.39 is 0 Å². The number of ether oxygens (including phenoxy) is 1. The van der Waals surface area contributed by atoms with Crippen LogP contribution < -0.4 is 9.64 Å². The van der Waals surface area contributed by atoms with Crippen LogP contribution in [0, 0.1) is 5.92 Å². The fraction of sp³-hybridized carbons (Fsp3) is 0.429. The summed E-state index contributed by atoms with van der Waals surface area (Å²) >= 11 is 0. The number of hydrogen-bond donors (Lipinski definition) is 0. The predicted molar refractivity (Wildman–Crippen MR) is 72.1 cm³/mol. The highest BCUT2D eigenvalue weighted by atomic mass is 16.5. The number of amides is 2. The van der Waals surface area contributed by atoms with E-state index in [1.54, 1.807) is 32.2 Å². The van der Waals surface area contributed by atoms with Gasteiger partial charge in [-0.3, -0.25) is 9.59 Å². The first-order valence-corrected chi connectivity index (χ1v) is 6.18. The molecule has 0 saturated carbocycles. The number of rotatable bonds is 3. The Kier molecular flexibility index (Phi) is 3.74. The molecule has 2 amide bonds. The smallest absolute Gasteiger partial charge is 0.227 e. The number of methoxy groups -OCH3 is 1. The van der Waals surface area contributed by atoms with Crippen LogP contribution in [-0.2, 0) is 9.59 Å². The molecule has 0 aliphatic carbocycles. The predicted octanol–water partition coefficient (Wildman–Crippen LogP) is 1.14. The molecular weight excluding hydrogens is 244 g/mol. The second-order valence-electron chi connectivity index (χ2n) is 4.84. The molecule has 0 radical (unpaired) electrons. The van der Waals surface area contributed by atoms with Crippen LogP contribution in [0.1, 0.15) is 6.42 Å². The SMILES string of the molecule is COc1cccc(N2CC(C(=O)N(C)C)CC2=O)c1. The second-order valence-corrected chi connectivity index (χ2v) is 4.84. The molecule has 1 aliphatic heterocycles. The van der Waals surface area contributed by atoms with Crippen molar-refractivity contribution in [1.29, 1.82) is 0 Å². The highest BCUT2D eigenvalue weighted by molar-refractivity contribution is 6.00. The lowest BCUT2D eigenvalue weighted by molar-refractivity contribution is -0.133. The summed E-state index contributed by atoms with van der Waals surface area (Å²) in [6.45, 7) is 0.434. The van der Waals surface area contributed by atoms with Crippen LogP contribution in [0.3, 0.4) is 0 Å². The molecule has 0 aromatic heterocycles. The molecule has 0 bridgehead atoms. The van der Waals surface area contributed by atoms with Crippen molar-refractivity contribution in [2.75, 3.05) is 32.6 Å². The number of hydrogen-bond acceptors (Lipinski definition) is 3. The lowest BCUT2D eigenvalue weighted by Crippen LogP contribution is -2.32. The highest BCUT2D eigenvalue weighted by Crippen LogP contribution is 2.28. The number of nitrogens with zero attached hydrogens (tertiary/aromatic N) is 2. The van der Waals surface area contributed by atoms with Gasteiger partial charge in [-0.1, -0.05) is 6.07 Å². The van der Waals surface area contributed by atoms with Crippen molar-refractivity contribution in [3.63, 3.8) is 0 Å². The minimum absolute atomic E-state index is 0.00116. The lowest BCUT2D eigenvalue weighted by atomic mass is 10.1. The van der Waals surface area contributed by atoms with Gasteiger partial charge in [-0.2, -0.15) is 0 Å². The number of carbonyl (C=O) groups is 2. The van der Waals surface area contributed by atoms with Crippen molar-refractivity contribution >= 4 is 17.5 Å². The molecule has 1 unspecified atom stereocenters. The maximum absolute atomic E-state index is 12.0. The van der Waals surface area contributed by atoms with Crippen LogP contribution >= 0.6 is 0 Å². The first-order chi connectivity index (χ1) is 9.02. The first-order valence-electron chi connectivity index (χ1n) is 6.18. The van der Waals surface area contributed by atoms with Gasteiger partial charge in [-0.25, -0.2) is 0 Å². The Balaban J connectivity index is 2.17. The topological polar surface area (TPSA) is 49.9 Å². The quantitative estimate of drug-likeness (QED) is 0.820. The van der Waals surface area contributed by atoms with E-state index in [4.69, 9.17) is 4.74 Å². The molecule has 5 heteroatoms. The first kappa shape index (κ1) is 13.4. The van der Waals surface area contributed by atoms with E-state index in [0.29, 0.717) is 12.3 Å². The van der Waals surface area contributed by atoms with Gasteiger partial charge >= 0.3 is 0 Å². The van der Waals surface area contributed by atoms with Crippen molar-refractivity contribution in [1.82, 2.24) is 4.90 Å². The Morgan fingerprint density at radius 2 is 2.16 bits per heavy atom. The molecule has 1 aliphatic rings. The molecule has 1 heterocycles. The van der Waals surface area contributed by atoms with E-state index in [9.17, 15) is 9.59 Å². The fourth-order valence-corrected chi connectivity index (χ4v) is 2.27. The van der Waals surface area contributed by atoms with Gasteiger partial charge in [0, 0.05) is 38.8 Å². The van der Waals surface area contributed by atoms with Crippen LogP contribution in [0.15, 0.2) is 24.3 Å². The van der Waals surface area contributed by atoms with Crippen molar-refractivity contribution in [3.8, 4) is 5.75 Å². The maximum Gasteiger partial charge on any atom is 0.227 e. The maximum atomic E-state index is 12.0. The van der Waals surface area contributed by atoms with Gasteiger partial charge in [-0.15, -0.1) is 0 Å². The molecule has 2 rings (SSSR count). The summed E-state index contributed by atoms with van der Waals surface area (Å²) in [4.78, 5) is 27.1. The van der Waals surface area contributed by atoms with Crippen molar-refractivity contribution < 1.29 is 14.3 Å². The molecule has 19 heavy (non-hydrogen) atoms. The third kappa shape index (κ3) is 2.70. The van der Waals surface area contributed by atoms with Crippen molar-refractivity contribution in [2.45, 2.75) is 6.42 Å². The third-order valence-electron chi connectivity index (χ3n) is 3.28. The molecule has 1 atom stereocenters. The molecule has 1 aromatic rings. The lowest BCUT2D eigenvalue weighted by Gasteiger charge is -2.18. The fourth-order valence-electron chi connectivity index (χ4n) is 2.27. The van der Waals surface area contributed by atoms with E-state index in [1.807, 2.05) is 18.2 Å². The van der Waals surface area contributed by atoms with Crippen LogP contribution in [0.2, 0.25) is 0 Å². The van der Waals surface area contributed by atoms with Gasteiger partial charge in [0.2, 0.25) is 11.8 Å². The molecule has 0 N–H and O–H groups in total. The van der Waals surface area contributed by atoms with E-state index in [-0.39, 0.29) is 24.2 Å². The number of anilines is 1. The summed E-state index contributed by atoms with van der Waals surface area (Å²) in [6, 6.07) is 7.32. The van der Waals surface area contributed by atoms with Crippen LogP contribution in [0.5, 0.6) is 5.75 Å². The Morgan fingerprint density at radius 3 is 2.79 bits per heavy atom. The number of benzene rings is 1. The average molecular weight is 262 g/mol. The Bertz CT molecular complexity index is 499. The monoisotopic (exact) mass is 262 g/mol. The van der Waals surface area contributed by atoms with E-state index >= 15 is 0 Å². The molecule has 1 saturated heterocycles. The summed E-state index contributed by atoms with van der Waals surface area (Å²) in [5.41, 5.74) is 0.776. The minimum Gasteiger partial charge on any atom is -0.497 e. The normalized spacial score (nSPS) is 18.6. The summed E-state index contributed by atoms with van der Waals surface area (Å²) in [5.74, 6) is 0.425. The van der Waals surface area contributed by atoms with E-state index in [1.165, 1.54) is 4.90 Å². The van der Waals surface area contributed by atoms with Gasteiger partial charge in [0.05, 0.1) is 13.0 Å². The van der Waals surface area contributed by atoms with E-state index in [0.717, 1.165) is 5.69 Å². The zero-order valence-corrected chi connectivity index (χ0v) is 11.4. The van der Waals surface area contributed by atoms with Crippen LogP contribution in [-0.4, -0.2) is 44.5 Å². The van der Waals surface area contributed by atoms with E-state index in [2.05, 4.69) is 0 Å². The van der Waals surface area contributed by atoms with Gasteiger partial charge in [0.15, 0.2) is 0 Å². The molecular formula is C14H18N2O3. The molecule has 0 spiro atoms. The molecule has 1 aromatic carbocycles. The van der Waals surface area contributed by atoms with Crippen LogP contribution in [0.25, 0.3) is 0 Å². The highest BCUT2D eigenvalue weighted by Gasteiger charge is 2.35. The standard InChI is InChI=1S/C14H18N2O3/c1-15(2)14(18)10-7-13(17)16(9-10)11-5-4-6-12(8-11)19-3/h4-6,8,10H,7,9H2,1-3H3. The molecule has 5 nitrogen and oxygen atoms in total. The van der Waals surface area contributed by atoms with Gasteiger partial charge in [0.25, 0.3) is 0 Å².